The molecule has 0 atom stereocenters. The Balaban J connectivity index is 0. The smallest absolute Gasteiger partial charge is 0 e. The second kappa shape index (κ2) is 24.9. The molecule has 0 aromatic rings. The Morgan fingerprint density at radius 2 is 1.20 bits per heavy atom. The monoisotopic (exact) mass is 430 g/mol. The van der Waals surface area contributed by atoms with E-state index in [1.807, 2.05) is 0 Å². The van der Waals surface area contributed by atoms with E-state index in [0.29, 0.717) is 0 Å². The van der Waals surface area contributed by atoms with Crippen LogP contribution in [0.15, 0.2) is 0 Å². The normalized spacial score (nSPS) is 0. The first kappa shape index (κ1) is 36.9. The molecule has 0 aromatic carbocycles. The van der Waals surface area contributed by atoms with Gasteiger partial charge in [0, 0.05) is 53.3 Å². The van der Waals surface area contributed by atoms with Gasteiger partial charge in [0.15, 0.2) is 0 Å². The minimum atomic E-state index is 0. The van der Waals surface area contributed by atoms with Gasteiger partial charge in [0.1, 0.15) is 0 Å². The first-order valence-corrected chi connectivity index (χ1v) is 0. The van der Waals surface area contributed by atoms with Crippen LogP contribution in [0, 0.1) is 0 Å². The Hall–Kier alpha value is 3.83. The molecule has 0 aliphatic heterocycles. The van der Waals surface area contributed by atoms with Crippen molar-refractivity contribution >= 4 is 65.0 Å². The van der Waals surface area contributed by atoms with Crippen LogP contribution in [0.3, 0.4) is 0 Å². The van der Waals surface area contributed by atoms with E-state index in [4.69, 9.17) is 0 Å². The van der Waals surface area contributed by atoms with Crippen LogP contribution in [0.1, 0.15) is 2.85 Å². The molecule has 0 aromatic heterocycles. The van der Waals surface area contributed by atoms with Crippen molar-refractivity contribution in [2.24, 2.45) is 0 Å². The summed E-state index contributed by atoms with van der Waals surface area (Å²) in [5.74, 6) is 0. The number of rotatable bonds is 0. The Bertz CT molecular complexity index is 17.7. The average Bonchev–Trinajstić information content (AvgIpc) is 0. The van der Waals surface area contributed by atoms with Gasteiger partial charge in [0.2, 0.25) is 0 Å². The van der Waals surface area contributed by atoms with Gasteiger partial charge >= 0.3 is 65.0 Å². The Labute approximate surface area is 119 Å². The first-order chi connectivity index (χ1) is 0. The van der Waals surface area contributed by atoms with Crippen LogP contribution in [0.5, 0.6) is 0 Å². The fourth-order valence-electron chi connectivity index (χ4n) is 0. The van der Waals surface area contributed by atoms with E-state index in [1.165, 1.54) is 0 Å². The molecule has 0 rings (SSSR count). The molecule has 0 aliphatic carbocycles. The van der Waals surface area contributed by atoms with Gasteiger partial charge in [-0.1, -0.05) is 0 Å². The predicted molar refractivity (Wildman–Crippen MR) is 16.5 cm³/mol. The summed E-state index contributed by atoms with van der Waals surface area (Å²) in [5, 5.41) is 0. The van der Waals surface area contributed by atoms with Crippen molar-refractivity contribution in [3.05, 3.63) is 0 Å². The van der Waals surface area contributed by atoms with Gasteiger partial charge in [-0.05, 0) is 0 Å². The summed E-state index contributed by atoms with van der Waals surface area (Å²) in [6, 6.07) is 0. The molecule has 4 radical (unpaired) electrons. The van der Waals surface area contributed by atoms with Gasteiger partial charge in [-0.25, -0.2) is 0 Å². The molecule has 0 N–H and O–H groups in total. The third-order valence-electron chi connectivity index (χ3n) is 0. The molecule has 0 bridgehead atoms. The average molecular weight is 431 g/mol. The van der Waals surface area contributed by atoms with Crippen molar-refractivity contribution in [1.29, 1.82) is 0 Å². The summed E-state index contributed by atoms with van der Waals surface area (Å²) in [7, 11) is 0. The standard InChI is InChI=1S/Ca.Co.Mn.Pb.Zn.4H/q+2;;;;;;;2*-1. The molecule has 0 amide bonds. The summed E-state index contributed by atoms with van der Waals surface area (Å²) < 4.78 is 0. The zero-order valence-corrected chi connectivity index (χ0v) is 15.7. The maximum atomic E-state index is 0. The molecule has 0 saturated carbocycles. The van der Waals surface area contributed by atoms with Crippen molar-refractivity contribution < 1.29 is 56.2 Å². The number of hydrogen-bond donors (Lipinski definition) is 0. The fraction of sp³-hybridized carbons (Fsp3) is 0. The molecule has 0 heterocycles. The first-order valence-electron chi connectivity index (χ1n) is 0. The quantitative estimate of drug-likeness (QED) is 0.429. The maximum Gasteiger partial charge on any atom is 0 e. The zero-order valence-electron chi connectivity index (χ0n) is 4.83. The minimum Gasteiger partial charge on any atom is 0 e. The zero-order chi connectivity index (χ0) is 0. The SMILES string of the molecule is [Ca+2].[Co].[H-].[H-].[Mn].[PbH2].[Zn]. The van der Waals surface area contributed by atoms with Crippen molar-refractivity contribution in [3.63, 3.8) is 0 Å². The largest absolute Gasteiger partial charge is 0 e. The van der Waals surface area contributed by atoms with E-state index < -0.39 is 0 Å². The third kappa shape index (κ3) is 18.1. The van der Waals surface area contributed by atoms with Crippen LogP contribution >= 0.6 is 0 Å². The van der Waals surface area contributed by atoms with E-state index in [2.05, 4.69) is 0 Å². The van der Waals surface area contributed by atoms with Crippen molar-refractivity contribution in [3.8, 4) is 0 Å². The Morgan fingerprint density at radius 1 is 1.20 bits per heavy atom. The van der Waals surface area contributed by atoms with E-state index in [9.17, 15) is 0 Å². The predicted octanol–water partition coefficient (Wildman–Crippen LogP) is -1.08. The Kier molecular flexibility index (Phi) is 184. The van der Waals surface area contributed by atoms with Gasteiger partial charge in [-0.15, -0.1) is 0 Å². The molecule has 5 heteroatoms. The van der Waals surface area contributed by atoms with Gasteiger partial charge in [-0.3, -0.25) is 0 Å². The van der Waals surface area contributed by atoms with Crippen LogP contribution in [-0.2, 0) is 53.3 Å². The van der Waals surface area contributed by atoms with Crippen LogP contribution in [0.2, 0.25) is 0 Å². The molecule has 0 unspecified atom stereocenters. The molecule has 0 spiro atoms. The van der Waals surface area contributed by atoms with Crippen molar-refractivity contribution in [2.45, 2.75) is 0 Å². The summed E-state index contributed by atoms with van der Waals surface area (Å²) in [5.41, 5.74) is 0. The fourth-order valence-corrected chi connectivity index (χ4v) is 0. The van der Waals surface area contributed by atoms with Gasteiger partial charge < -0.3 is 2.85 Å². The van der Waals surface area contributed by atoms with Crippen LogP contribution in [-0.4, -0.2) is 65.0 Å². The molecule has 0 aliphatic rings. The molecule has 0 saturated heterocycles. The van der Waals surface area contributed by atoms with E-state index in [0.717, 1.165) is 0 Å². The van der Waals surface area contributed by atoms with Gasteiger partial charge in [0.05, 0.1) is 0 Å². The minimum absolute atomic E-state index is 0. The Morgan fingerprint density at radius 3 is 1.20 bits per heavy atom. The summed E-state index contributed by atoms with van der Waals surface area (Å²) in [6.07, 6.45) is 0. The molecule has 0 fully saturated rings. The van der Waals surface area contributed by atoms with Crippen LogP contribution in [0.25, 0.3) is 0 Å². The maximum absolute atomic E-state index is 0. The number of hydrogen-bond acceptors (Lipinski definition) is 0. The van der Waals surface area contributed by atoms with Crippen LogP contribution < -0.4 is 0 Å². The van der Waals surface area contributed by atoms with E-state index in [-0.39, 0.29) is 121 Å². The van der Waals surface area contributed by atoms with Crippen molar-refractivity contribution in [2.75, 3.05) is 0 Å². The summed E-state index contributed by atoms with van der Waals surface area (Å²) in [6.45, 7) is 0. The molecule has 28 valence electrons. The van der Waals surface area contributed by atoms with Gasteiger partial charge in [0.25, 0.3) is 0 Å². The molecule has 5 heavy (non-hydrogen) atoms. The second-order valence-corrected chi connectivity index (χ2v) is 0. The van der Waals surface area contributed by atoms with Crippen molar-refractivity contribution in [1.82, 2.24) is 0 Å². The molecule has 0 nitrogen and oxygen atoms in total. The topological polar surface area (TPSA) is 0 Å². The molecular weight excluding hydrogens is 427 g/mol. The summed E-state index contributed by atoms with van der Waals surface area (Å²) in [4.78, 5) is 0. The summed E-state index contributed by atoms with van der Waals surface area (Å²) >= 11 is 0. The van der Waals surface area contributed by atoms with Gasteiger partial charge in [-0.2, -0.15) is 0 Å². The molecular formula is H4CaCoMnPbZn. The third-order valence-corrected chi connectivity index (χ3v) is 0. The van der Waals surface area contributed by atoms with E-state index >= 15 is 0 Å². The second-order valence-electron chi connectivity index (χ2n) is 0. The van der Waals surface area contributed by atoms with E-state index in [1.54, 1.807) is 0 Å². The van der Waals surface area contributed by atoms with Crippen LogP contribution in [0.4, 0.5) is 0 Å².